The van der Waals surface area contributed by atoms with E-state index < -0.39 is 0 Å². The Morgan fingerprint density at radius 2 is 1.70 bits per heavy atom. The van der Waals surface area contributed by atoms with Gasteiger partial charge in [0.25, 0.3) is 0 Å². The van der Waals surface area contributed by atoms with Crippen LogP contribution in [0.15, 0.2) is 4.99 Å². The summed E-state index contributed by atoms with van der Waals surface area (Å²) in [6.07, 6.45) is 5.54. The van der Waals surface area contributed by atoms with E-state index in [1.807, 2.05) is 4.90 Å². The second-order valence-corrected chi connectivity index (χ2v) is 8.72. The maximum atomic E-state index is 12.3. The van der Waals surface area contributed by atoms with Crippen LogP contribution in [0.5, 0.6) is 0 Å². The van der Waals surface area contributed by atoms with Gasteiger partial charge in [-0.1, -0.05) is 27.7 Å². The number of carbonyl (C=O) groups excluding carboxylic acids is 1. The zero-order valence-electron chi connectivity index (χ0n) is 13.2. The Labute approximate surface area is 121 Å². The third-order valence-electron chi connectivity index (χ3n) is 5.08. The number of urea groups is 1. The van der Waals surface area contributed by atoms with Crippen LogP contribution in [0.3, 0.4) is 0 Å². The molecule has 2 amide bonds. The number of amides is 2. The zero-order valence-corrected chi connectivity index (χ0v) is 13.2. The first-order valence-electron chi connectivity index (χ1n) is 7.80. The molecule has 112 valence electrons. The fraction of sp³-hybridized carbons (Fsp3) is 0.875. The standard InChI is InChI=1S/C16H27N3O/c1-14(2)8-15(3,4)10-16(9-14)12(17)18-13(20)19(16)7-11-5-6-11/h11H,5-10H2,1-4H3,(H2,17,18,20). The molecular formula is C16H27N3O. The summed E-state index contributed by atoms with van der Waals surface area (Å²) in [6, 6.07) is -0.108. The SMILES string of the molecule is CC1(C)CC(C)(C)CC2(C1)C(N)=NC(=O)N2CC1CC1. The minimum atomic E-state index is -0.328. The quantitative estimate of drug-likeness (QED) is 0.842. The molecule has 0 aromatic rings. The van der Waals surface area contributed by atoms with Gasteiger partial charge in [0.15, 0.2) is 0 Å². The van der Waals surface area contributed by atoms with Crippen LogP contribution in [0, 0.1) is 16.7 Å². The maximum Gasteiger partial charge on any atom is 0.346 e. The first kappa shape index (κ1) is 13.9. The van der Waals surface area contributed by atoms with Gasteiger partial charge in [-0.05, 0) is 48.9 Å². The van der Waals surface area contributed by atoms with Crippen LogP contribution in [-0.4, -0.2) is 28.9 Å². The zero-order chi connectivity index (χ0) is 14.8. The third kappa shape index (κ3) is 2.23. The summed E-state index contributed by atoms with van der Waals surface area (Å²) in [6.45, 7) is 10.0. The van der Waals surface area contributed by atoms with Gasteiger partial charge in [0.1, 0.15) is 11.4 Å². The third-order valence-corrected chi connectivity index (χ3v) is 5.08. The fourth-order valence-corrected chi connectivity index (χ4v) is 4.84. The molecule has 3 aliphatic rings. The van der Waals surface area contributed by atoms with Crippen molar-refractivity contribution in [1.82, 2.24) is 4.90 Å². The van der Waals surface area contributed by atoms with Crippen molar-refractivity contribution >= 4 is 11.9 Å². The minimum absolute atomic E-state index is 0.108. The second-order valence-electron chi connectivity index (χ2n) is 8.72. The molecule has 4 heteroatoms. The van der Waals surface area contributed by atoms with Gasteiger partial charge < -0.3 is 10.6 Å². The molecule has 2 aliphatic carbocycles. The Hall–Kier alpha value is -1.06. The van der Waals surface area contributed by atoms with E-state index >= 15 is 0 Å². The van der Waals surface area contributed by atoms with Crippen LogP contribution in [-0.2, 0) is 0 Å². The number of aliphatic imine (C=N–C) groups is 1. The lowest BCUT2D eigenvalue weighted by Gasteiger charge is -2.53. The van der Waals surface area contributed by atoms with Crippen molar-refractivity contribution in [2.45, 2.75) is 65.3 Å². The predicted octanol–water partition coefficient (Wildman–Crippen LogP) is 3.16. The monoisotopic (exact) mass is 277 g/mol. The van der Waals surface area contributed by atoms with Gasteiger partial charge in [-0.15, -0.1) is 0 Å². The average Bonchev–Trinajstić information content (AvgIpc) is 3.00. The number of amidine groups is 1. The lowest BCUT2D eigenvalue weighted by Crippen LogP contribution is -2.61. The summed E-state index contributed by atoms with van der Waals surface area (Å²) < 4.78 is 0. The van der Waals surface area contributed by atoms with Gasteiger partial charge in [-0.3, -0.25) is 0 Å². The van der Waals surface area contributed by atoms with E-state index in [0.29, 0.717) is 11.8 Å². The summed E-state index contributed by atoms with van der Waals surface area (Å²) in [7, 11) is 0. The van der Waals surface area contributed by atoms with Crippen LogP contribution in [0.2, 0.25) is 0 Å². The molecule has 4 nitrogen and oxygen atoms in total. The Bertz CT molecular complexity index is 458. The highest BCUT2D eigenvalue weighted by atomic mass is 16.2. The van der Waals surface area contributed by atoms with Gasteiger partial charge in [0.05, 0.1) is 0 Å². The Morgan fingerprint density at radius 1 is 1.15 bits per heavy atom. The molecule has 20 heavy (non-hydrogen) atoms. The molecule has 0 aromatic carbocycles. The highest BCUT2D eigenvalue weighted by molar-refractivity contribution is 6.06. The van der Waals surface area contributed by atoms with Crippen LogP contribution in [0.1, 0.15) is 59.8 Å². The number of hydrogen-bond acceptors (Lipinski definition) is 2. The van der Waals surface area contributed by atoms with Crippen LogP contribution in [0.4, 0.5) is 4.79 Å². The van der Waals surface area contributed by atoms with E-state index in [1.165, 1.54) is 19.3 Å². The molecule has 0 atom stereocenters. The van der Waals surface area contributed by atoms with Crippen LogP contribution >= 0.6 is 0 Å². The number of rotatable bonds is 2. The van der Waals surface area contributed by atoms with Gasteiger partial charge in [0.2, 0.25) is 0 Å². The first-order chi connectivity index (χ1) is 9.14. The van der Waals surface area contributed by atoms with Crippen molar-refractivity contribution in [2.75, 3.05) is 6.54 Å². The number of nitrogens with zero attached hydrogens (tertiary/aromatic N) is 2. The van der Waals surface area contributed by atoms with E-state index in [2.05, 4.69) is 32.7 Å². The number of nitrogens with two attached hydrogens (primary N) is 1. The first-order valence-corrected chi connectivity index (χ1v) is 7.80. The van der Waals surface area contributed by atoms with Gasteiger partial charge in [-0.2, -0.15) is 4.99 Å². The van der Waals surface area contributed by atoms with Crippen molar-refractivity contribution in [2.24, 2.45) is 27.5 Å². The predicted molar refractivity (Wildman–Crippen MR) is 80.6 cm³/mol. The molecule has 0 bridgehead atoms. The van der Waals surface area contributed by atoms with Crippen molar-refractivity contribution in [3.8, 4) is 0 Å². The largest absolute Gasteiger partial charge is 0.385 e. The van der Waals surface area contributed by atoms with Crippen molar-refractivity contribution in [1.29, 1.82) is 0 Å². The molecule has 0 aromatic heterocycles. The highest BCUT2D eigenvalue weighted by Crippen LogP contribution is 2.54. The lowest BCUT2D eigenvalue weighted by atomic mass is 9.57. The molecule has 1 spiro atoms. The minimum Gasteiger partial charge on any atom is -0.385 e. The Kier molecular flexibility index (Phi) is 2.77. The van der Waals surface area contributed by atoms with Crippen LogP contribution < -0.4 is 5.73 Å². The average molecular weight is 277 g/mol. The molecule has 0 unspecified atom stereocenters. The number of carbonyl (C=O) groups is 1. The summed E-state index contributed by atoms with van der Waals surface area (Å²) in [5.41, 5.74) is 6.30. The molecule has 1 heterocycles. The topological polar surface area (TPSA) is 58.7 Å². The normalized spacial score (nSPS) is 30.7. The van der Waals surface area contributed by atoms with Crippen molar-refractivity contribution in [3.05, 3.63) is 0 Å². The molecule has 2 saturated carbocycles. The molecule has 2 N–H and O–H groups in total. The van der Waals surface area contributed by atoms with E-state index in [4.69, 9.17) is 5.73 Å². The van der Waals surface area contributed by atoms with E-state index in [-0.39, 0.29) is 22.4 Å². The van der Waals surface area contributed by atoms with Gasteiger partial charge in [-0.25, -0.2) is 4.79 Å². The van der Waals surface area contributed by atoms with E-state index in [9.17, 15) is 4.79 Å². The van der Waals surface area contributed by atoms with Gasteiger partial charge >= 0.3 is 6.03 Å². The molecule has 1 aliphatic heterocycles. The summed E-state index contributed by atoms with van der Waals surface area (Å²) in [5.74, 6) is 1.23. The van der Waals surface area contributed by atoms with E-state index in [1.54, 1.807) is 0 Å². The Balaban J connectivity index is 1.97. The highest BCUT2D eigenvalue weighted by Gasteiger charge is 2.57. The molecular weight excluding hydrogens is 250 g/mol. The summed E-state index contributed by atoms with van der Waals surface area (Å²) >= 11 is 0. The van der Waals surface area contributed by atoms with Crippen molar-refractivity contribution < 1.29 is 4.79 Å². The fourth-order valence-electron chi connectivity index (χ4n) is 4.84. The summed E-state index contributed by atoms with van der Waals surface area (Å²) in [4.78, 5) is 18.4. The number of hydrogen-bond donors (Lipinski definition) is 1. The lowest BCUT2D eigenvalue weighted by molar-refractivity contribution is 0.0145. The molecule has 0 saturated heterocycles. The summed E-state index contributed by atoms with van der Waals surface area (Å²) in [5, 5.41) is 0. The molecule has 2 fully saturated rings. The van der Waals surface area contributed by atoms with Gasteiger partial charge in [0, 0.05) is 6.54 Å². The smallest absolute Gasteiger partial charge is 0.346 e. The second kappa shape index (κ2) is 3.99. The molecule has 0 radical (unpaired) electrons. The van der Waals surface area contributed by atoms with Crippen molar-refractivity contribution in [3.63, 3.8) is 0 Å². The molecule has 3 rings (SSSR count). The Morgan fingerprint density at radius 3 is 2.20 bits per heavy atom. The van der Waals surface area contributed by atoms with Crippen LogP contribution in [0.25, 0.3) is 0 Å². The maximum absolute atomic E-state index is 12.3. The van der Waals surface area contributed by atoms with E-state index in [0.717, 1.165) is 19.4 Å².